The average Bonchev–Trinajstić information content (AvgIpc) is 3.17. The molecule has 1 aromatic carbocycles. The summed E-state index contributed by atoms with van der Waals surface area (Å²) in [7, 11) is 0. The second kappa shape index (κ2) is 10.3. The zero-order valence-corrected chi connectivity index (χ0v) is 20.7. The number of carbonyl (C=O) groups is 1. The van der Waals surface area contributed by atoms with Crippen molar-refractivity contribution in [3.8, 4) is 0 Å². The Hall–Kier alpha value is -3.01. The molecule has 0 unspecified atom stereocenters. The maximum absolute atomic E-state index is 13.4. The number of amides is 1. The van der Waals surface area contributed by atoms with E-state index in [0.29, 0.717) is 20.7 Å². The summed E-state index contributed by atoms with van der Waals surface area (Å²) in [6.07, 6.45) is 7.72. The van der Waals surface area contributed by atoms with E-state index in [1.54, 1.807) is 35.4 Å². The van der Waals surface area contributed by atoms with Gasteiger partial charge in [-0.3, -0.25) is 18.9 Å². The van der Waals surface area contributed by atoms with E-state index in [-0.39, 0.29) is 29.6 Å². The van der Waals surface area contributed by atoms with Crippen molar-refractivity contribution in [1.82, 2.24) is 14.3 Å². The molecule has 1 saturated heterocycles. The van der Waals surface area contributed by atoms with Gasteiger partial charge >= 0.3 is 0 Å². The molecule has 1 aliphatic carbocycles. The summed E-state index contributed by atoms with van der Waals surface area (Å²) in [6, 6.07) is 14.7. The van der Waals surface area contributed by atoms with Gasteiger partial charge in [0.1, 0.15) is 15.8 Å². The summed E-state index contributed by atoms with van der Waals surface area (Å²) < 4.78 is 1.99. The lowest BCUT2D eigenvalue weighted by molar-refractivity contribution is -0.124. The van der Waals surface area contributed by atoms with Crippen LogP contribution in [0.4, 0.5) is 5.82 Å². The topological polar surface area (TPSA) is 86.9 Å². The molecule has 2 aliphatic rings. The molecule has 5 rings (SSSR count). The van der Waals surface area contributed by atoms with Crippen LogP contribution in [0.2, 0.25) is 0 Å². The fourth-order valence-corrected chi connectivity index (χ4v) is 6.00. The first-order valence-electron chi connectivity index (χ1n) is 11.8. The Balaban J connectivity index is 1.49. The van der Waals surface area contributed by atoms with Crippen molar-refractivity contribution in [3.63, 3.8) is 0 Å². The lowest BCUT2D eigenvalue weighted by Crippen LogP contribution is -2.39. The number of carbonyl (C=O) groups excluding carboxylic acids is 1. The monoisotopic (exact) mass is 506 g/mol. The number of rotatable bonds is 6. The number of aromatic nitrogens is 2. The molecule has 1 aliphatic heterocycles. The highest BCUT2D eigenvalue weighted by atomic mass is 32.2. The highest BCUT2D eigenvalue weighted by molar-refractivity contribution is 8.26. The average molecular weight is 507 g/mol. The van der Waals surface area contributed by atoms with Gasteiger partial charge in [-0.1, -0.05) is 79.6 Å². The largest absolute Gasteiger partial charge is 0.387 e. The molecule has 2 N–H and O–H groups in total. The van der Waals surface area contributed by atoms with Gasteiger partial charge < -0.3 is 10.4 Å². The number of fused-ring (bicyclic) bond motifs is 1. The Morgan fingerprint density at radius 3 is 2.63 bits per heavy atom. The van der Waals surface area contributed by atoms with Crippen LogP contribution >= 0.6 is 24.0 Å². The number of anilines is 1. The molecule has 35 heavy (non-hydrogen) atoms. The van der Waals surface area contributed by atoms with E-state index in [2.05, 4.69) is 10.3 Å². The molecule has 7 nitrogen and oxygen atoms in total. The van der Waals surface area contributed by atoms with E-state index in [4.69, 9.17) is 12.2 Å². The summed E-state index contributed by atoms with van der Waals surface area (Å²) in [6.45, 7) is 0.156. The number of nitrogens with zero attached hydrogens (tertiary/aromatic N) is 3. The van der Waals surface area contributed by atoms with Crippen LogP contribution in [0, 0.1) is 0 Å². The Morgan fingerprint density at radius 1 is 1.11 bits per heavy atom. The fraction of sp³-hybridized carbons (Fsp3) is 0.308. The lowest BCUT2D eigenvalue weighted by Gasteiger charge is -2.29. The maximum Gasteiger partial charge on any atom is 0.267 e. The van der Waals surface area contributed by atoms with Crippen LogP contribution in [0.5, 0.6) is 0 Å². The highest BCUT2D eigenvalue weighted by Gasteiger charge is 2.37. The minimum atomic E-state index is -0.787. The number of hydrogen-bond acceptors (Lipinski definition) is 7. The molecule has 2 aromatic heterocycles. The molecule has 3 heterocycles. The first-order chi connectivity index (χ1) is 17.0. The van der Waals surface area contributed by atoms with Crippen molar-refractivity contribution in [1.29, 1.82) is 0 Å². The molecule has 0 bridgehead atoms. The molecule has 1 amide bonds. The molecule has 0 spiro atoms. The van der Waals surface area contributed by atoms with Gasteiger partial charge in [0.15, 0.2) is 0 Å². The van der Waals surface area contributed by atoms with Crippen molar-refractivity contribution in [2.24, 2.45) is 0 Å². The molecular formula is C26H26N4O3S2. The smallest absolute Gasteiger partial charge is 0.267 e. The summed E-state index contributed by atoms with van der Waals surface area (Å²) >= 11 is 6.78. The number of thioether (sulfide) groups is 1. The Labute approximate surface area is 212 Å². The predicted octanol–water partition coefficient (Wildman–Crippen LogP) is 4.37. The minimum absolute atomic E-state index is 0.122. The van der Waals surface area contributed by atoms with Gasteiger partial charge in [0, 0.05) is 18.8 Å². The third kappa shape index (κ3) is 4.89. The number of hydrogen-bond donors (Lipinski definition) is 2. The van der Waals surface area contributed by atoms with Crippen LogP contribution in [-0.2, 0) is 4.79 Å². The molecular weight excluding hydrogens is 480 g/mol. The first-order valence-corrected chi connectivity index (χ1v) is 13.0. The van der Waals surface area contributed by atoms with Gasteiger partial charge in [0.2, 0.25) is 0 Å². The second-order valence-corrected chi connectivity index (χ2v) is 10.4. The van der Waals surface area contributed by atoms with Crippen molar-refractivity contribution in [2.45, 2.75) is 44.2 Å². The first kappa shape index (κ1) is 23.7. The van der Waals surface area contributed by atoms with E-state index in [9.17, 15) is 14.7 Å². The zero-order chi connectivity index (χ0) is 24.4. The number of benzene rings is 1. The van der Waals surface area contributed by atoms with Gasteiger partial charge in [0.05, 0.1) is 16.6 Å². The van der Waals surface area contributed by atoms with Crippen molar-refractivity contribution in [2.75, 3.05) is 11.9 Å². The van der Waals surface area contributed by atoms with E-state index in [0.717, 1.165) is 31.2 Å². The summed E-state index contributed by atoms with van der Waals surface area (Å²) in [4.78, 5) is 33.5. The summed E-state index contributed by atoms with van der Waals surface area (Å²) in [5, 5.41) is 13.8. The molecule has 1 atom stereocenters. The third-order valence-corrected chi connectivity index (χ3v) is 7.79. The normalized spacial score (nSPS) is 19.0. The number of aliphatic hydroxyl groups is 1. The van der Waals surface area contributed by atoms with Crippen LogP contribution < -0.4 is 10.9 Å². The van der Waals surface area contributed by atoms with Crippen molar-refractivity contribution >= 4 is 51.7 Å². The van der Waals surface area contributed by atoms with Crippen LogP contribution in [0.25, 0.3) is 11.7 Å². The highest BCUT2D eigenvalue weighted by Crippen LogP contribution is 2.37. The van der Waals surface area contributed by atoms with E-state index in [1.807, 2.05) is 30.3 Å². The molecule has 180 valence electrons. The van der Waals surface area contributed by atoms with Crippen LogP contribution in [0.15, 0.2) is 64.4 Å². The van der Waals surface area contributed by atoms with E-state index >= 15 is 0 Å². The summed E-state index contributed by atoms with van der Waals surface area (Å²) in [5.41, 5.74) is 1.20. The van der Waals surface area contributed by atoms with Gasteiger partial charge in [0.25, 0.3) is 11.5 Å². The SMILES string of the molecule is O=C1/C(=C/c2c(NC[C@@H](O)c3ccccc3)nc3ccccn3c2=O)SC(=S)N1C1CCCCC1. The molecule has 0 radical (unpaired) electrons. The molecule has 9 heteroatoms. The lowest BCUT2D eigenvalue weighted by atomic mass is 9.94. The van der Waals surface area contributed by atoms with Gasteiger partial charge in [-0.25, -0.2) is 4.98 Å². The Bertz CT molecular complexity index is 1350. The predicted molar refractivity (Wildman–Crippen MR) is 143 cm³/mol. The Morgan fingerprint density at radius 2 is 1.86 bits per heavy atom. The minimum Gasteiger partial charge on any atom is -0.387 e. The van der Waals surface area contributed by atoms with Gasteiger partial charge in [-0.15, -0.1) is 0 Å². The van der Waals surface area contributed by atoms with E-state index < -0.39 is 6.10 Å². The van der Waals surface area contributed by atoms with Crippen LogP contribution in [0.1, 0.15) is 49.3 Å². The number of aliphatic hydroxyl groups excluding tert-OH is 1. The standard InChI is InChI=1S/C26H26N4O3S2/c31-20(17-9-3-1-4-10-17)16-27-23-19(24(32)29-14-8-7-13-22(29)28-23)15-21-25(33)30(26(34)35-21)18-11-5-2-6-12-18/h1,3-4,7-10,13-15,18,20,27,31H,2,5-6,11-12,16H2/b21-15-/t20-/m1/s1. The molecule has 2 fully saturated rings. The number of thiocarbonyl (C=S) groups is 1. The van der Waals surface area contributed by atoms with Crippen LogP contribution in [0.3, 0.4) is 0 Å². The number of nitrogens with one attached hydrogen (secondary N) is 1. The van der Waals surface area contributed by atoms with Gasteiger partial charge in [-0.05, 0) is 36.6 Å². The molecule has 1 saturated carbocycles. The summed E-state index contributed by atoms with van der Waals surface area (Å²) in [5.74, 6) is 0.166. The molecule has 3 aromatic rings. The van der Waals surface area contributed by atoms with Gasteiger partial charge in [-0.2, -0.15) is 0 Å². The zero-order valence-electron chi connectivity index (χ0n) is 19.1. The quantitative estimate of drug-likeness (QED) is 0.379. The second-order valence-electron chi connectivity index (χ2n) is 8.76. The fourth-order valence-electron chi connectivity index (χ4n) is 4.62. The maximum atomic E-state index is 13.4. The number of pyridine rings is 1. The Kier molecular flexibility index (Phi) is 6.99. The third-order valence-electron chi connectivity index (χ3n) is 6.46. The van der Waals surface area contributed by atoms with Crippen LogP contribution in [-0.4, -0.2) is 42.2 Å². The van der Waals surface area contributed by atoms with Crippen molar-refractivity contribution < 1.29 is 9.90 Å². The van der Waals surface area contributed by atoms with Crippen molar-refractivity contribution in [3.05, 3.63) is 81.1 Å². The van der Waals surface area contributed by atoms with E-state index in [1.165, 1.54) is 22.6 Å².